The van der Waals surface area contributed by atoms with Gasteiger partial charge in [-0.05, 0) is 41.0 Å². The number of benzene rings is 3. The zero-order chi connectivity index (χ0) is 20.6. The van der Waals surface area contributed by atoms with Gasteiger partial charge in [0.1, 0.15) is 0 Å². The van der Waals surface area contributed by atoms with Crippen molar-refractivity contribution in [3.8, 4) is 0 Å². The molecule has 0 unspecified atom stereocenters. The summed E-state index contributed by atoms with van der Waals surface area (Å²) in [5, 5.41) is 0. The molecule has 3 aromatic rings. The monoisotopic (exact) mass is 395 g/mol. The lowest BCUT2D eigenvalue weighted by molar-refractivity contribution is -0.138. The summed E-state index contributed by atoms with van der Waals surface area (Å²) in [6, 6.07) is 16.7. The van der Waals surface area contributed by atoms with Gasteiger partial charge in [0, 0.05) is 0 Å². The average Bonchev–Trinajstić information content (AvgIpc) is 2.67. The quantitative estimate of drug-likeness (QED) is 0.429. The summed E-state index contributed by atoms with van der Waals surface area (Å²) in [5.41, 5.74) is 3.43. The molecule has 0 spiro atoms. The molecule has 0 heterocycles. The van der Waals surface area contributed by atoms with E-state index in [1.165, 1.54) is 24.3 Å². The van der Waals surface area contributed by atoms with Crippen molar-refractivity contribution >= 4 is 0 Å². The van der Waals surface area contributed by atoms with Crippen LogP contribution in [-0.2, 0) is 17.9 Å². The van der Waals surface area contributed by atoms with Crippen LogP contribution < -0.4 is 5.73 Å². The fourth-order valence-corrected chi connectivity index (χ4v) is 3.08. The van der Waals surface area contributed by atoms with Crippen molar-refractivity contribution < 1.29 is 26.3 Å². The van der Waals surface area contributed by atoms with Crippen LogP contribution in [0.25, 0.3) is 0 Å². The van der Waals surface area contributed by atoms with Gasteiger partial charge in [0.15, 0.2) is 0 Å². The van der Waals surface area contributed by atoms with Crippen molar-refractivity contribution in [3.05, 3.63) is 107 Å². The standard InChI is InChI=1S/C21H15F6N/c22-20(23,24)17-10-4-8-15(12-17)19(28,14-6-2-1-3-7-14)16-9-5-11-18(13-16)21(25,26)27/h1-13H,28H2. The molecule has 7 heteroatoms. The summed E-state index contributed by atoms with van der Waals surface area (Å²) < 4.78 is 79.2. The third-order valence-corrected chi connectivity index (χ3v) is 4.52. The molecule has 1 nitrogen and oxygen atoms in total. The summed E-state index contributed by atoms with van der Waals surface area (Å²) in [7, 11) is 0. The van der Waals surface area contributed by atoms with Crippen molar-refractivity contribution in [3.63, 3.8) is 0 Å². The molecule has 0 radical (unpaired) electrons. The maximum absolute atomic E-state index is 13.2. The van der Waals surface area contributed by atoms with Crippen LogP contribution in [0.3, 0.4) is 0 Å². The Morgan fingerprint density at radius 3 is 1.21 bits per heavy atom. The van der Waals surface area contributed by atoms with E-state index in [9.17, 15) is 26.3 Å². The molecule has 3 aromatic carbocycles. The first-order valence-electron chi connectivity index (χ1n) is 8.23. The van der Waals surface area contributed by atoms with Crippen LogP contribution in [-0.4, -0.2) is 0 Å². The largest absolute Gasteiger partial charge is 0.416 e. The molecule has 0 aliphatic carbocycles. The maximum atomic E-state index is 13.2. The predicted molar refractivity (Wildman–Crippen MR) is 93.4 cm³/mol. The number of nitrogens with two attached hydrogens (primary N) is 1. The normalized spacial score (nSPS) is 12.8. The Morgan fingerprint density at radius 1 is 0.464 bits per heavy atom. The van der Waals surface area contributed by atoms with E-state index in [1.54, 1.807) is 30.3 Å². The van der Waals surface area contributed by atoms with E-state index in [0.717, 1.165) is 24.3 Å². The number of alkyl halides is 6. The first kappa shape index (κ1) is 19.9. The lowest BCUT2D eigenvalue weighted by atomic mass is 9.77. The maximum Gasteiger partial charge on any atom is 0.416 e. The lowest BCUT2D eigenvalue weighted by Gasteiger charge is -2.32. The molecule has 0 bridgehead atoms. The Morgan fingerprint density at radius 2 is 0.821 bits per heavy atom. The fraction of sp³-hybridized carbons (Fsp3) is 0.143. The average molecular weight is 395 g/mol. The zero-order valence-corrected chi connectivity index (χ0v) is 14.4. The second kappa shape index (κ2) is 6.98. The molecule has 0 saturated heterocycles. The van der Waals surface area contributed by atoms with Crippen LogP contribution in [0.4, 0.5) is 26.3 Å². The van der Waals surface area contributed by atoms with Crippen molar-refractivity contribution in [1.29, 1.82) is 0 Å². The molecule has 0 aliphatic rings. The van der Waals surface area contributed by atoms with Crippen LogP contribution >= 0.6 is 0 Å². The van der Waals surface area contributed by atoms with E-state index in [0.29, 0.717) is 5.56 Å². The van der Waals surface area contributed by atoms with Gasteiger partial charge in [0.2, 0.25) is 0 Å². The summed E-state index contributed by atoms with van der Waals surface area (Å²) in [5.74, 6) is 0. The van der Waals surface area contributed by atoms with Gasteiger partial charge in [-0.1, -0.05) is 54.6 Å². The van der Waals surface area contributed by atoms with E-state index in [2.05, 4.69) is 0 Å². The highest BCUT2D eigenvalue weighted by Gasteiger charge is 2.38. The molecular weight excluding hydrogens is 380 g/mol. The van der Waals surface area contributed by atoms with Crippen LogP contribution in [0.1, 0.15) is 27.8 Å². The van der Waals surface area contributed by atoms with E-state index < -0.39 is 29.0 Å². The molecule has 0 fully saturated rings. The second-order valence-corrected chi connectivity index (χ2v) is 6.33. The SMILES string of the molecule is NC(c1ccccc1)(c1cccc(C(F)(F)F)c1)c1cccc(C(F)(F)F)c1. The highest BCUT2D eigenvalue weighted by molar-refractivity contribution is 5.50. The molecule has 146 valence electrons. The smallest absolute Gasteiger partial charge is 0.314 e. The summed E-state index contributed by atoms with van der Waals surface area (Å²) >= 11 is 0. The van der Waals surface area contributed by atoms with Gasteiger partial charge in [-0.25, -0.2) is 0 Å². The summed E-state index contributed by atoms with van der Waals surface area (Å²) in [6.07, 6.45) is -9.22. The van der Waals surface area contributed by atoms with Crippen molar-refractivity contribution in [1.82, 2.24) is 0 Å². The number of halogens is 6. The molecule has 0 saturated carbocycles. The molecule has 0 atom stereocenters. The Balaban J connectivity index is 2.27. The van der Waals surface area contributed by atoms with E-state index in [1.807, 2.05) is 0 Å². The van der Waals surface area contributed by atoms with Gasteiger partial charge in [0.25, 0.3) is 0 Å². The van der Waals surface area contributed by atoms with Crippen LogP contribution in [0.2, 0.25) is 0 Å². The van der Waals surface area contributed by atoms with E-state index >= 15 is 0 Å². The lowest BCUT2D eigenvalue weighted by Crippen LogP contribution is -2.39. The van der Waals surface area contributed by atoms with Gasteiger partial charge < -0.3 is 5.73 Å². The van der Waals surface area contributed by atoms with E-state index in [-0.39, 0.29) is 11.1 Å². The minimum Gasteiger partial charge on any atom is -0.314 e. The number of hydrogen-bond acceptors (Lipinski definition) is 1. The van der Waals surface area contributed by atoms with Gasteiger partial charge >= 0.3 is 12.4 Å². The molecule has 3 rings (SSSR count). The molecule has 2 N–H and O–H groups in total. The van der Waals surface area contributed by atoms with Gasteiger partial charge in [-0.15, -0.1) is 0 Å². The molecule has 28 heavy (non-hydrogen) atoms. The predicted octanol–water partition coefficient (Wildman–Crippen LogP) is 5.97. The second-order valence-electron chi connectivity index (χ2n) is 6.33. The Bertz CT molecular complexity index is 903. The fourth-order valence-electron chi connectivity index (χ4n) is 3.08. The van der Waals surface area contributed by atoms with Crippen molar-refractivity contribution in [2.75, 3.05) is 0 Å². The third-order valence-electron chi connectivity index (χ3n) is 4.52. The van der Waals surface area contributed by atoms with Crippen molar-refractivity contribution in [2.24, 2.45) is 5.73 Å². The summed E-state index contributed by atoms with van der Waals surface area (Å²) in [6.45, 7) is 0. The van der Waals surface area contributed by atoms with Crippen LogP contribution in [0.5, 0.6) is 0 Å². The molecule has 0 aliphatic heterocycles. The molecule has 0 aromatic heterocycles. The van der Waals surface area contributed by atoms with E-state index in [4.69, 9.17) is 5.73 Å². The first-order chi connectivity index (χ1) is 13.0. The van der Waals surface area contributed by atoms with Crippen LogP contribution in [0.15, 0.2) is 78.9 Å². The van der Waals surface area contributed by atoms with Gasteiger partial charge in [-0.2, -0.15) is 26.3 Å². The highest BCUT2D eigenvalue weighted by atomic mass is 19.4. The van der Waals surface area contributed by atoms with Gasteiger partial charge in [0.05, 0.1) is 16.7 Å². The zero-order valence-electron chi connectivity index (χ0n) is 14.4. The summed E-state index contributed by atoms with van der Waals surface area (Å²) in [4.78, 5) is 0. The Kier molecular flexibility index (Phi) is 4.97. The molecule has 0 amide bonds. The minimum absolute atomic E-state index is 0.0350. The first-order valence-corrected chi connectivity index (χ1v) is 8.23. The number of hydrogen-bond donors (Lipinski definition) is 1. The third kappa shape index (κ3) is 3.75. The Labute approximate surface area is 157 Å². The molecular formula is C21H15F6N. The highest BCUT2D eigenvalue weighted by Crippen LogP contribution is 2.39. The van der Waals surface area contributed by atoms with Crippen molar-refractivity contribution in [2.45, 2.75) is 17.9 Å². The van der Waals surface area contributed by atoms with Gasteiger partial charge in [-0.3, -0.25) is 0 Å². The van der Waals surface area contributed by atoms with Crippen LogP contribution in [0, 0.1) is 0 Å². The number of rotatable bonds is 3. The minimum atomic E-state index is -4.61. The topological polar surface area (TPSA) is 26.0 Å². The Hall–Kier alpha value is -2.80.